The molecule has 2 fully saturated rings. The van der Waals surface area contributed by atoms with Crippen molar-refractivity contribution in [3.63, 3.8) is 0 Å². The Hall–Kier alpha value is -2.66. The first kappa shape index (κ1) is 24.1. The summed E-state index contributed by atoms with van der Waals surface area (Å²) in [6.45, 7) is 6.00. The number of nitrogens with one attached hydrogen (secondary N) is 1. The van der Waals surface area contributed by atoms with Gasteiger partial charge in [-0.1, -0.05) is 42.8 Å². The van der Waals surface area contributed by atoms with Crippen LogP contribution in [0.1, 0.15) is 81.4 Å². The fourth-order valence-electron chi connectivity index (χ4n) is 6.79. The second-order valence-corrected chi connectivity index (χ2v) is 11.1. The average Bonchev–Trinajstić information content (AvgIpc) is 2.86. The van der Waals surface area contributed by atoms with E-state index < -0.39 is 0 Å². The Morgan fingerprint density at radius 1 is 0.971 bits per heavy atom. The molecule has 2 aromatic rings. The second-order valence-electron chi connectivity index (χ2n) is 11.1. The zero-order valence-corrected chi connectivity index (χ0v) is 21.2. The minimum absolute atomic E-state index is 0.0445. The molecule has 5 rings (SSSR count). The monoisotopic (exact) mass is 472 g/mol. The lowest BCUT2D eigenvalue weighted by Gasteiger charge is -2.45. The number of rotatable bonds is 5. The van der Waals surface area contributed by atoms with E-state index in [9.17, 15) is 4.79 Å². The van der Waals surface area contributed by atoms with Crippen LogP contribution >= 0.6 is 0 Å². The topological polar surface area (TPSA) is 73.4 Å². The highest BCUT2D eigenvalue weighted by molar-refractivity contribution is 6.02. The maximum Gasteiger partial charge on any atom is 0.235 e. The first-order chi connectivity index (χ1) is 16.9. The number of fused-ring (bicyclic) bond motifs is 1. The third-order valence-corrected chi connectivity index (χ3v) is 8.84. The molecule has 3 atom stereocenters. The molecule has 3 aliphatic rings. The molecule has 5 heteroatoms. The Kier molecular flexibility index (Phi) is 6.97. The van der Waals surface area contributed by atoms with Crippen molar-refractivity contribution in [2.45, 2.75) is 89.3 Å². The van der Waals surface area contributed by atoms with Gasteiger partial charge in [0, 0.05) is 35.9 Å². The SMILES string of the molecule is C[C@@H]1CCC[C@H](C)N1CC1CCC(N2C(=O)C(c3cccc(C(=N)N)c3)Cc3ccccc32)CC1. The third-order valence-electron chi connectivity index (χ3n) is 8.84. The Balaban J connectivity index is 1.34. The molecule has 2 heterocycles. The standard InChI is InChI=1S/C30H40N4O/c1-20-7-5-8-21(2)33(20)19-22-13-15-26(16-14-22)34-28-12-4-3-9-24(28)18-27(30(34)35)23-10-6-11-25(17-23)29(31)32/h3-4,6,9-12,17,20-22,26-27H,5,7-8,13-16,18-19H2,1-2H3,(H3,31,32)/t20-,21+,22?,26?,27?. The fraction of sp³-hybridized carbons (Fsp3) is 0.533. The van der Waals surface area contributed by atoms with Gasteiger partial charge in [0.15, 0.2) is 0 Å². The normalized spacial score (nSPS) is 29.6. The van der Waals surface area contributed by atoms with Crippen molar-refractivity contribution in [2.75, 3.05) is 11.4 Å². The van der Waals surface area contributed by atoms with Crippen LogP contribution in [0.4, 0.5) is 5.69 Å². The Morgan fingerprint density at radius 2 is 1.69 bits per heavy atom. The number of hydrogen-bond acceptors (Lipinski definition) is 3. The number of para-hydroxylation sites is 1. The molecule has 1 aliphatic carbocycles. The van der Waals surface area contributed by atoms with E-state index in [1.807, 2.05) is 24.3 Å². The number of nitrogens with two attached hydrogens (primary N) is 1. The average molecular weight is 473 g/mol. The molecule has 186 valence electrons. The van der Waals surface area contributed by atoms with Crippen LogP contribution in [0.2, 0.25) is 0 Å². The highest BCUT2D eigenvalue weighted by Gasteiger charge is 2.39. The predicted molar refractivity (Wildman–Crippen MR) is 143 cm³/mol. The number of likely N-dealkylation sites (tertiary alicyclic amines) is 1. The van der Waals surface area contributed by atoms with E-state index >= 15 is 0 Å². The number of nitrogen functional groups attached to an aromatic ring is 1. The van der Waals surface area contributed by atoms with Crippen LogP contribution in [0.15, 0.2) is 48.5 Å². The van der Waals surface area contributed by atoms with Crippen LogP contribution in [0.3, 0.4) is 0 Å². The van der Waals surface area contributed by atoms with Crippen molar-refractivity contribution >= 4 is 17.4 Å². The van der Waals surface area contributed by atoms with Crippen molar-refractivity contribution in [2.24, 2.45) is 11.7 Å². The maximum atomic E-state index is 14.0. The molecule has 2 aliphatic heterocycles. The van der Waals surface area contributed by atoms with E-state index in [0.29, 0.717) is 24.1 Å². The summed E-state index contributed by atoms with van der Waals surface area (Å²) in [6, 6.07) is 17.8. The zero-order chi connectivity index (χ0) is 24.5. The van der Waals surface area contributed by atoms with Gasteiger partial charge in [-0.3, -0.25) is 15.1 Å². The second kappa shape index (κ2) is 10.1. The van der Waals surface area contributed by atoms with E-state index in [1.165, 1.54) is 44.2 Å². The molecule has 2 aromatic carbocycles. The van der Waals surface area contributed by atoms with Crippen LogP contribution in [-0.2, 0) is 11.2 Å². The summed E-state index contributed by atoms with van der Waals surface area (Å²) < 4.78 is 0. The summed E-state index contributed by atoms with van der Waals surface area (Å²) in [7, 11) is 0. The van der Waals surface area contributed by atoms with Crippen molar-refractivity contribution < 1.29 is 4.79 Å². The van der Waals surface area contributed by atoms with Crippen LogP contribution < -0.4 is 10.6 Å². The van der Waals surface area contributed by atoms with Crippen molar-refractivity contribution in [3.05, 3.63) is 65.2 Å². The number of amides is 1. The third kappa shape index (κ3) is 4.88. The maximum absolute atomic E-state index is 14.0. The number of nitrogens with zero attached hydrogens (tertiary/aromatic N) is 2. The van der Waals surface area contributed by atoms with Gasteiger partial charge in [-0.25, -0.2) is 0 Å². The summed E-state index contributed by atoms with van der Waals surface area (Å²) in [5.41, 5.74) is 9.73. The lowest BCUT2D eigenvalue weighted by atomic mass is 9.80. The van der Waals surface area contributed by atoms with Gasteiger partial charge in [-0.05, 0) is 88.0 Å². The molecular weight excluding hydrogens is 432 g/mol. The van der Waals surface area contributed by atoms with Gasteiger partial charge in [0.1, 0.15) is 5.84 Å². The molecular formula is C30H40N4O. The van der Waals surface area contributed by atoms with Crippen LogP contribution in [-0.4, -0.2) is 41.3 Å². The van der Waals surface area contributed by atoms with Gasteiger partial charge >= 0.3 is 0 Å². The minimum Gasteiger partial charge on any atom is -0.384 e. The molecule has 0 bridgehead atoms. The first-order valence-electron chi connectivity index (χ1n) is 13.5. The lowest BCUT2D eigenvalue weighted by molar-refractivity contribution is -0.121. The number of carbonyl (C=O) groups excluding carboxylic acids is 1. The van der Waals surface area contributed by atoms with Crippen LogP contribution in [0.5, 0.6) is 0 Å². The highest BCUT2D eigenvalue weighted by atomic mass is 16.2. The van der Waals surface area contributed by atoms with Gasteiger partial charge in [0.25, 0.3) is 0 Å². The van der Waals surface area contributed by atoms with Gasteiger partial charge in [0.2, 0.25) is 5.91 Å². The smallest absolute Gasteiger partial charge is 0.235 e. The molecule has 3 N–H and O–H groups in total. The van der Waals surface area contributed by atoms with E-state index in [1.54, 1.807) is 0 Å². The molecule has 5 nitrogen and oxygen atoms in total. The minimum atomic E-state index is -0.225. The molecule has 1 amide bonds. The van der Waals surface area contributed by atoms with Gasteiger partial charge < -0.3 is 10.6 Å². The molecule has 0 spiro atoms. The zero-order valence-electron chi connectivity index (χ0n) is 21.2. The Morgan fingerprint density at radius 3 is 2.40 bits per heavy atom. The van der Waals surface area contributed by atoms with E-state index in [0.717, 1.165) is 30.0 Å². The number of hydrogen-bond donors (Lipinski definition) is 2. The first-order valence-corrected chi connectivity index (χ1v) is 13.5. The van der Waals surface area contributed by atoms with Crippen LogP contribution in [0.25, 0.3) is 0 Å². The summed E-state index contributed by atoms with van der Waals surface area (Å²) in [6.07, 6.45) is 9.23. The Bertz CT molecular complexity index is 1060. The number of benzene rings is 2. The number of anilines is 1. The Labute approximate surface area is 210 Å². The van der Waals surface area contributed by atoms with E-state index in [-0.39, 0.29) is 23.7 Å². The van der Waals surface area contributed by atoms with Gasteiger partial charge in [0.05, 0.1) is 5.92 Å². The van der Waals surface area contributed by atoms with Gasteiger partial charge in [-0.2, -0.15) is 0 Å². The molecule has 35 heavy (non-hydrogen) atoms. The summed E-state index contributed by atoms with van der Waals surface area (Å²) >= 11 is 0. The molecule has 1 unspecified atom stereocenters. The highest BCUT2D eigenvalue weighted by Crippen LogP contribution is 2.40. The van der Waals surface area contributed by atoms with Gasteiger partial charge in [-0.15, -0.1) is 0 Å². The summed E-state index contributed by atoms with van der Waals surface area (Å²) in [4.78, 5) is 18.9. The van der Waals surface area contributed by atoms with Crippen molar-refractivity contribution in [3.8, 4) is 0 Å². The summed E-state index contributed by atoms with van der Waals surface area (Å²) in [5.74, 6) is 0.749. The molecule has 1 saturated heterocycles. The molecule has 0 aromatic heterocycles. The van der Waals surface area contributed by atoms with Crippen LogP contribution in [0, 0.1) is 11.3 Å². The van der Waals surface area contributed by atoms with E-state index in [4.69, 9.17) is 11.1 Å². The van der Waals surface area contributed by atoms with Crippen molar-refractivity contribution in [1.29, 1.82) is 5.41 Å². The molecule has 0 radical (unpaired) electrons. The van der Waals surface area contributed by atoms with E-state index in [2.05, 4.69) is 47.9 Å². The lowest BCUT2D eigenvalue weighted by Crippen LogP contribution is -2.50. The largest absolute Gasteiger partial charge is 0.384 e. The number of piperidine rings is 1. The number of amidine groups is 1. The summed E-state index contributed by atoms with van der Waals surface area (Å²) in [5, 5.41) is 7.83. The quantitative estimate of drug-likeness (QED) is 0.448. The fourth-order valence-corrected chi connectivity index (χ4v) is 6.79. The van der Waals surface area contributed by atoms with Crippen molar-refractivity contribution in [1.82, 2.24) is 4.90 Å². The molecule has 1 saturated carbocycles. The number of carbonyl (C=O) groups is 1. The predicted octanol–water partition coefficient (Wildman–Crippen LogP) is 5.47.